The van der Waals surface area contributed by atoms with Crippen LogP contribution >= 0.6 is 27.5 Å². The molecule has 0 atom stereocenters. The topological polar surface area (TPSA) is 20.3 Å². The van der Waals surface area contributed by atoms with Crippen molar-refractivity contribution in [2.24, 2.45) is 0 Å². The van der Waals surface area contributed by atoms with E-state index in [0.29, 0.717) is 5.56 Å². The van der Waals surface area contributed by atoms with E-state index in [1.54, 1.807) is 12.1 Å². The molecule has 86 valence electrons. The Labute approximate surface area is 109 Å². The molecule has 0 spiro atoms. The van der Waals surface area contributed by atoms with Crippen molar-refractivity contribution in [1.82, 2.24) is 4.90 Å². The minimum absolute atomic E-state index is 0.409. The summed E-state index contributed by atoms with van der Waals surface area (Å²) in [5.41, 5.74) is 1.75. The van der Waals surface area contributed by atoms with Gasteiger partial charge in [-0.2, -0.15) is 0 Å². The fourth-order valence-electron chi connectivity index (χ4n) is 1.98. The number of hydrogen-bond acceptors (Lipinski definition) is 2. The third-order valence-electron chi connectivity index (χ3n) is 2.87. The van der Waals surface area contributed by atoms with Crippen LogP contribution in [0.15, 0.2) is 22.7 Å². The zero-order valence-electron chi connectivity index (χ0n) is 8.88. The van der Waals surface area contributed by atoms with Crippen molar-refractivity contribution in [3.8, 4) is 0 Å². The second kappa shape index (κ2) is 5.30. The number of hydrogen-bond donors (Lipinski definition) is 0. The van der Waals surface area contributed by atoms with Gasteiger partial charge in [0.1, 0.15) is 0 Å². The maximum Gasteiger partial charge on any atom is 0.252 e. The van der Waals surface area contributed by atoms with E-state index in [1.807, 2.05) is 6.07 Å². The Kier molecular flexibility index (Phi) is 4.00. The Morgan fingerprint density at radius 3 is 2.62 bits per heavy atom. The lowest BCUT2D eigenvalue weighted by atomic mass is 10.1. The van der Waals surface area contributed by atoms with E-state index in [1.165, 1.54) is 31.5 Å². The van der Waals surface area contributed by atoms with E-state index in [9.17, 15) is 4.79 Å². The number of benzene rings is 1. The standard InChI is InChI=1S/C12H13BrClNO/c13-11-7-9(12(14)16)3-4-10(11)8-15-5-1-2-6-15/h3-4,7H,1-2,5-6,8H2. The number of nitrogens with zero attached hydrogens (tertiary/aromatic N) is 1. The Hall–Kier alpha value is -0.380. The Bertz CT molecular complexity index is 402. The van der Waals surface area contributed by atoms with Crippen LogP contribution in [0.5, 0.6) is 0 Å². The van der Waals surface area contributed by atoms with Crippen LogP contribution in [-0.2, 0) is 6.54 Å². The molecule has 1 heterocycles. The highest BCUT2D eigenvalue weighted by Gasteiger charge is 2.13. The van der Waals surface area contributed by atoms with Crippen LogP contribution < -0.4 is 0 Å². The van der Waals surface area contributed by atoms with E-state index >= 15 is 0 Å². The molecule has 0 aromatic heterocycles. The molecule has 1 aliphatic heterocycles. The molecule has 0 radical (unpaired) electrons. The van der Waals surface area contributed by atoms with Gasteiger partial charge in [-0.15, -0.1) is 0 Å². The average molecular weight is 303 g/mol. The highest BCUT2D eigenvalue weighted by molar-refractivity contribution is 9.10. The van der Waals surface area contributed by atoms with Crippen LogP contribution in [0, 0.1) is 0 Å². The first-order valence-corrected chi connectivity index (χ1v) is 6.54. The van der Waals surface area contributed by atoms with Crippen LogP contribution in [0.2, 0.25) is 0 Å². The van der Waals surface area contributed by atoms with Crippen molar-refractivity contribution >= 4 is 32.8 Å². The second-order valence-corrected chi connectivity index (χ2v) is 5.26. The summed E-state index contributed by atoms with van der Waals surface area (Å²) in [6.45, 7) is 3.28. The molecule has 1 aromatic carbocycles. The summed E-state index contributed by atoms with van der Waals surface area (Å²) in [5.74, 6) is 0. The van der Waals surface area contributed by atoms with Gasteiger partial charge in [0.15, 0.2) is 0 Å². The molecule has 0 saturated carbocycles. The third-order valence-corrected chi connectivity index (χ3v) is 3.83. The van der Waals surface area contributed by atoms with Gasteiger partial charge in [0.2, 0.25) is 0 Å². The summed E-state index contributed by atoms with van der Waals surface area (Å²) in [4.78, 5) is 13.4. The van der Waals surface area contributed by atoms with Gasteiger partial charge in [-0.3, -0.25) is 9.69 Å². The van der Waals surface area contributed by atoms with Gasteiger partial charge in [-0.1, -0.05) is 22.0 Å². The number of carbonyl (C=O) groups excluding carboxylic acids is 1. The smallest absolute Gasteiger partial charge is 0.252 e. The molecule has 1 aromatic rings. The van der Waals surface area contributed by atoms with E-state index in [4.69, 9.17) is 11.6 Å². The van der Waals surface area contributed by atoms with Crippen molar-refractivity contribution < 1.29 is 4.79 Å². The molecule has 0 bridgehead atoms. The van der Waals surface area contributed by atoms with Crippen LogP contribution in [-0.4, -0.2) is 23.2 Å². The fraction of sp³-hybridized carbons (Fsp3) is 0.417. The summed E-state index contributed by atoms with van der Waals surface area (Å²) >= 11 is 8.91. The van der Waals surface area contributed by atoms with Gasteiger partial charge in [-0.05, 0) is 55.2 Å². The summed E-state index contributed by atoms with van der Waals surface area (Å²) in [7, 11) is 0. The van der Waals surface area contributed by atoms with E-state index in [0.717, 1.165) is 11.0 Å². The van der Waals surface area contributed by atoms with E-state index in [2.05, 4.69) is 20.8 Å². The van der Waals surface area contributed by atoms with Gasteiger partial charge < -0.3 is 0 Å². The maximum absolute atomic E-state index is 11.0. The minimum Gasteiger partial charge on any atom is -0.299 e. The third kappa shape index (κ3) is 2.84. The summed E-state index contributed by atoms with van der Waals surface area (Å²) in [6, 6.07) is 5.55. The molecule has 16 heavy (non-hydrogen) atoms. The van der Waals surface area contributed by atoms with Crippen molar-refractivity contribution in [3.63, 3.8) is 0 Å². The molecule has 1 aliphatic rings. The normalized spacial score (nSPS) is 16.6. The monoisotopic (exact) mass is 301 g/mol. The molecule has 0 aliphatic carbocycles. The predicted octanol–water partition coefficient (Wildman–Crippen LogP) is 3.42. The average Bonchev–Trinajstić information content (AvgIpc) is 2.73. The first-order valence-electron chi connectivity index (χ1n) is 5.37. The first-order chi connectivity index (χ1) is 7.66. The van der Waals surface area contributed by atoms with Crippen molar-refractivity contribution in [2.45, 2.75) is 19.4 Å². The predicted molar refractivity (Wildman–Crippen MR) is 68.8 cm³/mol. The van der Waals surface area contributed by atoms with Crippen molar-refractivity contribution in [2.75, 3.05) is 13.1 Å². The van der Waals surface area contributed by atoms with E-state index in [-0.39, 0.29) is 0 Å². The Morgan fingerprint density at radius 1 is 1.38 bits per heavy atom. The zero-order chi connectivity index (χ0) is 11.5. The number of rotatable bonds is 3. The maximum atomic E-state index is 11.0. The summed E-state index contributed by atoms with van der Waals surface area (Å²) in [5, 5.41) is -0.409. The Balaban J connectivity index is 2.12. The van der Waals surface area contributed by atoms with Gasteiger partial charge in [0.05, 0.1) is 0 Å². The second-order valence-electron chi connectivity index (χ2n) is 4.06. The van der Waals surface area contributed by atoms with Gasteiger partial charge in [-0.25, -0.2) is 0 Å². The lowest BCUT2D eigenvalue weighted by Crippen LogP contribution is -2.18. The molecule has 1 saturated heterocycles. The highest BCUT2D eigenvalue weighted by atomic mass is 79.9. The van der Waals surface area contributed by atoms with Gasteiger partial charge in [0, 0.05) is 16.6 Å². The van der Waals surface area contributed by atoms with Crippen LogP contribution in [0.3, 0.4) is 0 Å². The molecule has 0 N–H and O–H groups in total. The SMILES string of the molecule is O=C(Cl)c1ccc(CN2CCCC2)c(Br)c1. The molecular formula is C12H13BrClNO. The largest absolute Gasteiger partial charge is 0.299 e. The molecule has 0 unspecified atom stereocenters. The quantitative estimate of drug-likeness (QED) is 0.797. The summed E-state index contributed by atoms with van der Waals surface area (Å²) < 4.78 is 0.964. The van der Waals surface area contributed by atoms with Crippen molar-refractivity contribution in [3.05, 3.63) is 33.8 Å². The molecule has 0 amide bonds. The lowest BCUT2D eigenvalue weighted by molar-refractivity contribution is 0.108. The van der Waals surface area contributed by atoms with Crippen molar-refractivity contribution in [1.29, 1.82) is 0 Å². The van der Waals surface area contributed by atoms with E-state index < -0.39 is 5.24 Å². The highest BCUT2D eigenvalue weighted by Crippen LogP contribution is 2.22. The number of carbonyl (C=O) groups is 1. The first kappa shape index (κ1) is 12.1. The Morgan fingerprint density at radius 2 is 2.06 bits per heavy atom. The van der Waals surface area contributed by atoms with Crippen LogP contribution in [0.4, 0.5) is 0 Å². The molecular weight excluding hydrogens is 289 g/mol. The fourth-order valence-corrected chi connectivity index (χ4v) is 2.60. The number of likely N-dealkylation sites (tertiary alicyclic amines) is 1. The molecule has 2 rings (SSSR count). The van der Waals surface area contributed by atoms with Crippen LogP contribution in [0.25, 0.3) is 0 Å². The van der Waals surface area contributed by atoms with Gasteiger partial charge >= 0.3 is 0 Å². The summed E-state index contributed by atoms with van der Waals surface area (Å²) in [6.07, 6.45) is 2.58. The molecule has 1 fully saturated rings. The van der Waals surface area contributed by atoms with Gasteiger partial charge in [0.25, 0.3) is 5.24 Å². The minimum atomic E-state index is -0.409. The molecule has 4 heteroatoms. The number of halogens is 2. The lowest BCUT2D eigenvalue weighted by Gasteiger charge is -2.15. The molecule has 2 nitrogen and oxygen atoms in total. The zero-order valence-corrected chi connectivity index (χ0v) is 11.2. The van der Waals surface area contributed by atoms with Crippen LogP contribution in [0.1, 0.15) is 28.8 Å².